The molecular formula is C12H16BrN3O2. The molecule has 0 atom stereocenters. The van der Waals surface area contributed by atoms with Crippen molar-refractivity contribution < 1.29 is 9.53 Å². The van der Waals surface area contributed by atoms with Crippen molar-refractivity contribution in [1.29, 1.82) is 5.41 Å². The minimum absolute atomic E-state index is 0.0282. The van der Waals surface area contributed by atoms with E-state index in [-0.39, 0.29) is 5.84 Å². The number of amidine groups is 1. The topological polar surface area (TPSA) is 88.2 Å². The van der Waals surface area contributed by atoms with Crippen LogP contribution in [0, 0.1) is 5.41 Å². The predicted octanol–water partition coefficient (Wildman–Crippen LogP) is 3.08. The van der Waals surface area contributed by atoms with Crippen LogP contribution in [0.5, 0.6) is 0 Å². The van der Waals surface area contributed by atoms with Gasteiger partial charge in [-0.25, -0.2) is 4.79 Å². The summed E-state index contributed by atoms with van der Waals surface area (Å²) in [6.07, 6.45) is -0.529. The maximum absolute atomic E-state index is 11.6. The third-order valence-corrected chi connectivity index (χ3v) is 2.57. The highest BCUT2D eigenvalue weighted by atomic mass is 79.9. The number of carbonyl (C=O) groups excluding carboxylic acids is 1. The first-order chi connectivity index (χ1) is 8.19. The average Bonchev–Trinajstić information content (AvgIpc) is 2.17. The van der Waals surface area contributed by atoms with Crippen LogP contribution in [0.25, 0.3) is 0 Å². The number of nitrogen functional groups attached to an aromatic ring is 1. The van der Waals surface area contributed by atoms with Crippen molar-refractivity contribution >= 4 is 33.5 Å². The molecule has 1 aromatic carbocycles. The van der Waals surface area contributed by atoms with Gasteiger partial charge in [0.1, 0.15) is 11.4 Å². The zero-order valence-electron chi connectivity index (χ0n) is 10.5. The quantitative estimate of drug-likeness (QED) is 0.579. The van der Waals surface area contributed by atoms with E-state index in [1.54, 1.807) is 39.0 Å². The maximum Gasteiger partial charge on any atom is 0.412 e. The number of amides is 1. The number of halogens is 1. The van der Waals surface area contributed by atoms with Gasteiger partial charge in [0.15, 0.2) is 0 Å². The lowest BCUT2D eigenvalue weighted by Crippen LogP contribution is -2.27. The zero-order chi connectivity index (χ0) is 13.9. The smallest absolute Gasteiger partial charge is 0.412 e. The highest BCUT2D eigenvalue weighted by molar-refractivity contribution is 9.10. The molecule has 0 aliphatic carbocycles. The van der Waals surface area contributed by atoms with E-state index in [1.165, 1.54) is 0 Å². The first-order valence-corrected chi connectivity index (χ1v) is 6.12. The van der Waals surface area contributed by atoms with Gasteiger partial charge >= 0.3 is 6.09 Å². The lowest BCUT2D eigenvalue weighted by molar-refractivity contribution is 0.0636. The number of ether oxygens (including phenoxy) is 1. The average molecular weight is 314 g/mol. The molecule has 0 aliphatic rings. The summed E-state index contributed by atoms with van der Waals surface area (Å²) in [6, 6.07) is 4.97. The van der Waals surface area contributed by atoms with E-state index in [4.69, 9.17) is 15.9 Å². The second kappa shape index (κ2) is 5.39. The standard InChI is InChI=1S/C12H16BrN3O2/c1-12(2,3)18-11(17)16-9-5-4-7(10(14)15)6-8(9)13/h4-6H,1-3H3,(H3,14,15)(H,16,17). The van der Waals surface area contributed by atoms with Gasteiger partial charge in [0.25, 0.3) is 0 Å². The molecule has 0 bridgehead atoms. The molecule has 1 amide bonds. The van der Waals surface area contributed by atoms with Gasteiger partial charge in [-0.15, -0.1) is 0 Å². The van der Waals surface area contributed by atoms with E-state index < -0.39 is 11.7 Å². The van der Waals surface area contributed by atoms with Crippen molar-refractivity contribution in [1.82, 2.24) is 0 Å². The van der Waals surface area contributed by atoms with Crippen LogP contribution < -0.4 is 11.1 Å². The minimum atomic E-state index is -0.546. The Labute approximate surface area is 114 Å². The Bertz CT molecular complexity index is 481. The molecule has 0 aromatic heterocycles. The van der Waals surface area contributed by atoms with Crippen molar-refractivity contribution in [3.05, 3.63) is 28.2 Å². The fraction of sp³-hybridized carbons (Fsp3) is 0.333. The third kappa shape index (κ3) is 4.37. The molecule has 6 heteroatoms. The molecule has 1 rings (SSSR count). The van der Waals surface area contributed by atoms with E-state index >= 15 is 0 Å². The Hall–Kier alpha value is -1.56. The van der Waals surface area contributed by atoms with Crippen molar-refractivity contribution in [3.63, 3.8) is 0 Å². The van der Waals surface area contributed by atoms with Crippen LogP contribution in [-0.2, 0) is 4.74 Å². The summed E-state index contributed by atoms with van der Waals surface area (Å²) in [5.74, 6) is -0.0282. The Kier molecular flexibility index (Phi) is 4.34. The van der Waals surface area contributed by atoms with E-state index in [0.29, 0.717) is 15.7 Å². The molecule has 4 N–H and O–H groups in total. The van der Waals surface area contributed by atoms with Crippen molar-refractivity contribution in [2.24, 2.45) is 5.73 Å². The number of anilines is 1. The lowest BCUT2D eigenvalue weighted by Gasteiger charge is -2.20. The molecule has 0 heterocycles. The largest absolute Gasteiger partial charge is 0.444 e. The molecule has 0 radical (unpaired) electrons. The minimum Gasteiger partial charge on any atom is -0.444 e. The van der Waals surface area contributed by atoms with Gasteiger partial charge in [0.2, 0.25) is 0 Å². The number of hydrogen-bond acceptors (Lipinski definition) is 3. The van der Waals surface area contributed by atoms with Crippen LogP contribution in [0.2, 0.25) is 0 Å². The molecule has 1 aromatic rings. The Morgan fingerprint density at radius 1 is 1.44 bits per heavy atom. The number of hydrogen-bond donors (Lipinski definition) is 3. The van der Waals surface area contributed by atoms with E-state index in [9.17, 15) is 4.79 Å². The first-order valence-electron chi connectivity index (χ1n) is 5.33. The molecule has 0 aliphatic heterocycles. The molecule has 18 heavy (non-hydrogen) atoms. The Balaban J connectivity index is 2.80. The number of carbonyl (C=O) groups is 1. The first kappa shape index (κ1) is 14.5. The van der Waals surface area contributed by atoms with Crippen LogP contribution in [0.3, 0.4) is 0 Å². The number of nitrogens with one attached hydrogen (secondary N) is 2. The summed E-state index contributed by atoms with van der Waals surface area (Å²) in [6.45, 7) is 5.38. The van der Waals surface area contributed by atoms with Crippen LogP contribution in [0.4, 0.5) is 10.5 Å². The van der Waals surface area contributed by atoms with Gasteiger partial charge in [0.05, 0.1) is 5.69 Å². The highest BCUT2D eigenvalue weighted by Crippen LogP contribution is 2.24. The Morgan fingerprint density at radius 2 is 2.06 bits per heavy atom. The SMILES string of the molecule is CC(C)(C)OC(=O)Nc1ccc(C(=N)N)cc1Br. The number of nitrogens with two attached hydrogens (primary N) is 1. The summed E-state index contributed by atoms with van der Waals surface area (Å²) < 4.78 is 5.78. The molecule has 0 saturated heterocycles. The fourth-order valence-electron chi connectivity index (χ4n) is 1.20. The van der Waals surface area contributed by atoms with Crippen LogP contribution in [-0.4, -0.2) is 17.5 Å². The predicted molar refractivity (Wildman–Crippen MR) is 75.0 cm³/mol. The van der Waals surface area contributed by atoms with Crippen LogP contribution in [0.1, 0.15) is 26.3 Å². The zero-order valence-corrected chi connectivity index (χ0v) is 12.1. The second-order valence-electron chi connectivity index (χ2n) is 4.74. The highest BCUT2D eigenvalue weighted by Gasteiger charge is 2.17. The normalized spacial score (nSPS) is 10.9. The maximum atomic E-state index is 11.6. The molecule has 0 unspecified atom stereocenters. The number of benzene rings is 1. The monoisotopic (exact) mass is 313 g/mol. The molecular weight excluding hydrogens is 298 g/mol. The van der Waals surface area contributed by atoms with Gasteiger partial charge < -0.3 is 10.5 Å². The summed E-state index contributed by atoms with van der Waals surface area (Å²) in [4.78, 5) is 11.6. The van der Waals surface area contributed by atoms with Gasteiger partial charge in [-0.2, -0.15) is 0 Å². The molecule has 5 nitrogen and oxygen atoms in total. The van der Waals surface area contributed by atoms with Crippen molar-refractivity contribution in [3.8, 4) is 0 Å². The Morgan fingerprint density at radius 3 is 2.50 bits per heavy atom. The molecule has 0 saturated carbocycles. The van der Waals surface area contributed by atoms with Crippen molar-refractivity contribution in [2.45, 2.75) is 26.4 Å². The van der Waals surface area contributed by atoms with Crippen molar-refractivity contribution in [2.75, 3.05) is 5.32 Å². The second-order valence-corrected chi connectivity index (χ2v) is 5.59. The van der Waals surface area contributed by atoms with Gasteiger partial charge in [0, 0.05) is 10.0 Å². The lowest BCUT2D eigenvalue weighted by atomic mass is 10.2. The van der Waals surface area contributed by atoms with E-state index in [1.807, 2.05) is 0 Å². The fourth-order valence-corrected chi connectivity index (χ4v) is 1.68. The van der Waals surface area contributed by atoms with Crippen LogP contribution >= 0.6 is 15.9 Å². The summed E-state index contributed by atoms with van der Waals surface area (Å²) in [5.41, 5.74) is 5.97. The van der Waals surface area contributed by atoms with Gasteiger partial charge in [-0.3, -0.25) is 10.7 Å². The van der Waals surface area contributed by atoms with Gasteiger partial charge in [-0.05, 0) is 54.9 Å². The van der Waals surface area contributed by atoms with Crippen LogP contribution in [0.15, 0.2) is 22.7 Å². The van der Waals surface area contributed by atoms with Gasteiger partial charge in [-0.1, -0.05) is 0 Å². The third-order valence-electron chi connectivity index (χ3n) is 1.92. The van der Waals surface area contributed by atoms with E-state index in [0.717, 1.165) is 0 Å². The molecule has 98 valence electrons. The number of rotatable bonds is 2. The van der Waals surface area contributed by atoms with E-state index in [2.05, 4.69) is 21.2 Å². The summed E-state index contributed by atoms with van der Waals surface area (Å²) >= 11 is 3.30. The summed E-state index contributed by atoms with van der Waals surface area (Å²) in [7, 11) is 0. The molecule has 0 fully saturated rings. The summed E-state index contributed by atoms with van der Waals surface area (Å²) in [5, 5.41) is 9.92. The molecule has 0 spiro atoms.